The van der Waals surface area contributed by atoms with Crippen LogP contribution in [0.25, 0.3) is 0 Å². The van der Waals surface area contributed by atoms with E-state index in [4.69, 9.17) is 10.5 Å². The van der Waals surface area contributed by atoms with Crippen molar-refractivity contribution in [3.05, 3.63) is 47.5 Å². The number of ether oxygens (including phenoxy) is 1. The summed E-state index contributed by atoms with van der Waals surface area (Å²) in [6.45, 7) is 5.38. The quantitative estimate of drug-likeness (QED) is 0.302. The van der Waals surface area contributed by atoms with E-state index in [1.165, 1.54) is 5.56 Å². The van der Waals surface area contributed by atoms with Crippen LogP contribution in [0.4, 0.5) is 5.13 Å². The Labute approximate surface area is 169 Å². The van der Waals surface area contributed by atoms with Gasteiger partial charge in [0.25, 0.3) is 0 Å². The minimum atomic E-state index is 0. The van der Waals surface area contributed by atoms with Crippen LogP contribution in [0.5, 0.6) is 0 Å². The van der Waals surface area contributed by atoms with Crippen molar-refractivity contribution < 1.29 is 4.74 Å². The summed E-state index contributed by atoms with van der Waals surface area (Å²) in [5.41, 5.74) is 7.27. The molecule has 0 amide bonds. The third-order valence-corrected chi connectivity index (χ3v) is 4.75. The van der Waals surface area contributed by atoms with Crippen LogP contribution in [-0.2, 0) is 11.3 Å². The number of aliphatic imine (C=N–C) groups is 1. The number of hydrogen-bond acceptors (Lipinski definition) is 5. The lowest BCUT2D eigenvalue weighted by Crippen LogP contribution is -2.51. The fourth-order valence-electron chi connectivity index (χ4n) is 2.59. The molecule has 0 saturated carbocycles. The van der Waals surface area contributed by atoms with E-state index in [-0.39, 0.29) is 24.0 Å². The minimum absolute atomic E-state index is 0. The summed E-state index contributed by atoms with van der Waals surface area (Å²) < 4.78 is 5.63. The van der Waals surface area contributed by atoms with E-state index in [0.29, 0.717) is 25.7 Å². The van der Waals surface area contributed by atoms with Crippen molar-refractivity contribution in [2.24, 2.45) is 10.7 Å². The van der Waals surface area contributed by atoms with Crippen LogP contribution in [0.1, 0.15) is 5.56 Å². The van der Waals surface area contributed by atoms with Gasteiger partial charge in [0.2, 0.25) is 0 Å². The average molecular weight is 473 g/mol. The van der Waals surface area contributed by atoms with Crippen LogP contribution in [0.2, 0.25) is 0 Å². The predicted octanol–water partition coefficient (Wildman–Crippen LogP) is 2.41. The standard InChI is InChI=1S/C17H23N5OS.HI/c18-16(19-6-12-23-14-15-4-2-1-3-5-15)21-8-10-22(11-9-21)17-20-7-13-24-17;/h1-5,7,13H,6,8-12,14H2,(H2,18,19);1H. The summed E-state index contributed by atoms with van der Waals surface area (Å²) in [6.07, 6.45) is 1.84. The summed E-state index contributed by atoms with van der Waals surface area (Å²) in [4.78, 5) is 13.2. The average Bonchev–Trinajstić information content (AvgIpc) is 3.17. The second-order valence-electron chi connectivity index (χ2n) is 5.57. The smallest absolute Gasteiger partial charge is 0.191 e. The molecule has 2 heterocycles. The molecular formula is C17H24IN5OS. The minimum Gasteiger partial charge on any atom is -0.375 e. The Kier molecular flexibility index (Phi) is 8.42. The van der Waals surface area contributed by atoms with Gasteiger partial charge in [-0.3, -0.25) is 4.99 Å². The van der Waals surface area contributed by atoms with Gasteiger partial charge in [-0.05, 0) is 5.56 Å². The van der Waals surface area contributed by atoms with Gasteiger partial charge in [-0.2, -0.15) is 0 Å². The molecule has 8 heteroatoms. The lowest BCUT2D eigenvalue weighted by Gasteiger charge is -2.35. The zero-order valence-electron chi connectivity index (χ0n) is 14.1. The maximum atomic E-state index is 6.09. The van der Waals surface area contributed by atoms with Crippen molar-refractivity contribution in [2.45, 2.75) is 6.61 Å². The lowest BCUT2D eigenvalue weighted by atomic mass is 10.2. The molecule has 1 saturated heterocycles. The van der Waals surface area contributed by atoms with Crippen molar-refractivity contribution in [2.75, 3.05) is 44.2 Å². The Balaban J connectivity index is 0.00000225. The molecule has 3 rings (SSSR count). The van der Waals surface area contributed by atoms with E-state index in [0.717, 1.165) is 31.3 Å². The van der Waals surface area contributed by atoms with Gasteiger partial charge >= 0.3 is 0 Å². The van der Waals surface area contributed by atoms with Crippen molar-refractivity contribution in [1.29, 1.82) is 0 Å². The van der Waals surface area contributed by atoms with Crippen LogP contribution >= 0.6 is 35.3 Å². The Morgan fingerprint density at radius 1 is 1.20 bits per heavy atom. The molecule has 1 fully saturated rings. The number of guanidine groups is 1. The highest BCUT2D eigenvalue weighted by molar-refractivity contribution is 14.0. The number of thiazole rings is 1. The third kappa shape index (κ3) is 6.12. The highest BCUT2D eigenvalue weighted by atomic mass is 127. The Morgan fingerprint density at radius 3 is 2.64 bits per heavy atom. The number of nitrogens with zero attached hydrogens (tertiary/aromatic N) is 4. The normalized spacial score (nSPS) is 15.1. The first kappa shape index (κ1) is 19.9. The number of aromatic nitrogens is 1. The molecule has 2 N–H and O–H groups in total. The van der Waals surface area contributed by atoms with Crippen LogP contribution < -0.4 is 10.6 Å². The van der Waals surface area contributed by atoms with Crippen molar-refractivity contribution in [1.82, 2.24) is 9.88 Å². The maximum absolute atomic E-state index is 6.09. The van der Waals surface area contributed by atoms with Crippen LogP contribution in [0.15, 0.2) is 46.9 Å². The summed E-state index contributed by atoms with van der Waals surface area (Å²) in [5, 5.41) is 3.09. The fraction of sp³-hybridized carbons (Fsp3) is 0.412. The predicted molar refractivity (Wildman–Crippen MR) is 114 cm³/mol. The molecule has 1 aromatic carbocycles. The second kappa shape index (κ2) is 10.6. The van der Waals surface area contributed by atoms with Crippen LogP contribution in [0, 0.1) is 0 Å². The molecular weight excluding hydrogens is 449 g/mol. The first-order valence-corrected chi connectivity index (χ1v) is 9.02. The van der Waals surface area contributed by atoms with Gasteiger partial charge in [0, 0.05) is 37.8 Å². The molecule has 0 spiro atoms. The first-order valence-electron chi connectivity index (χ1n) is 8.14. The van der Waals surface area contributed by atoms with Gasteiger partial charge < -0.3 is 20.3 Å². The van der Waals surface area contributed by atoms with Gasteiger partial charge in [-0.1, -0.05) is 30.3 Å². The highest BCUT2D eigenvalue weighted by Gasteiger charge is 2.19. The molecule has 0 bridgehead atoms. The van der Waals surface area contributed by atoms with E-state index >= 15 is 0 Å². The molecule has 1 aliphatic rings. The highest BCUT2D eigenvalue weighted by Crippen LogP contribution is 2.18. The van der Waals surface area contributed by atoms with Gasteiger partial charge in [-0.25, -0.2) is 4.98 Å². The SMILES string of the molecule is I.NC(=NCCOCc1ccccc1)N1CCN(c2nccs2)CC1. The van der Waals surface area contributed by atoms with E-state index in [1.807, 2.05) is 29.8 Å². The van der Waals surface area contributed by atoms with Gasteiger partial charge in [0.05, 0.1) is 19.8 Å². The molecule has 0 unspecified atom stereocenters. The second-order valence-corrected chi connectivity index (χ2v) is 6.44. The van der Waals surface area contributed by atoms with Crippen molar-refractivity contribution in [3.63, 3.8) is 0 Å². The molecule has 6 nitrogen and oxygen atoms in total. The Bertz CT molecular complexity index is 630. The third-order valence-electron chi connectivity index (χ3n) is 3.91. The first-order chi connectivity index (χ1) is 11.8. The molecule has 2 aromatic rings. The van der Waals surface area contributed by atoms with Crippen LogP contribution in [-0.4, -0.2) is 55.2 Å². The number of anilines is 1. The molecule has 0 radical (unpaired) electrons. The fourth-order valence-corrected chi connectivity index (χ4v) is 3.28. The number of benzene rings is 1. The van der Waals surface area contributed by atoms with Crippen molar-refractivity contribution in [3.8, 4) is 0 Å². The van der Waals surface area contributed by atoms with E-state index in [1.54, 1.807) is 11.3 Å². The van der Waals surface area contributed by atoms with E-state index < -0.39 is 0 Å². The number of nitrogens with two attached hydrogens (primary N) is 1. The molecule has 136 valence electrons. The lowest BCUT2D eigenvalue weighted by molar-refractivity contribution is 0.128. The molecule has 0 aliphatic carbocycles. The number of piperazine rings is 1. The molecule has 0 atom stereocenters. The summed E-state index contributed by atoms with van der Waals surface area (Å²) in [6, 6.07) is 10.1. The molecule has 1 aliphatic heterocycles. The number of hydrogen-bond donors (Lipinski definition) is 1. The summed E-state index contributed by atoms with van der Waals surface area (Å²) >= 11 is 1.67. The zero-order chi connectivity index (χ0) is 16.6. The molecule has 1 aromatic heterocycles. The topological polar surface area (TPSA) is 67.0 Å². The number of halogens is 1. The van der Waals surface area contributed by atoms with Gasteiger partial charge in [0.15, 0.2) is 11.1 Å². The molecule has 25 heavy (non-hydrogen) atoms. The van der Waals surface area contributed by atoms with Crippen LogP contribution in [0.3, 0.4) is 0 Å². The van der Waals surface area contributed by atoms with E-state index in [2.05, 4.69) is 31.9 Å². The monoisotopic (exact) mass is 473 g/mol. The van der Waals surface area contributed by atoms with E-state index in [9.17, 15) is 0 Å². The van der Waals surface area contributed by atoms with Crippen molar-refractivity contribution >= 4 is 46.4 Å². The van der Waals surface area contributed by atoms with Gasteiger partial charge in [0.1, 0.15) is 0 Å². The number of rotatable bonds is 6. The zero-order valence-corrected chi connectivity index (χ0v) is 17.2. The Hall–Kier alpha value is -1.39. The largest absolute Gasteiger partial charge is 0.375 e. The Morgan fingerprint density at radius 2 is 1.96 bits per heavy atom. The summed E-state index contributed by atoms with van der Waals surface area (Å²) in [7, 11) is 0. The maximum Gasteiger partial charge on any atom is 0.191 e. The summed E-state index contributed by atoms with van der Waals surface area (Å²) in [5.74, 6) is 0.608. The van der Waals surface area contributed by atoms with Gasteiger partial charge in [-0.15, -0.1) is 35.3 Å².